The largest absolute Gasteiger partial charge is 0.366 e. The Hall–Kier alpha value is -2.19. The molecule has 25 heavy (non-hydrogen) atoms. The first-order chi connectivity index (χ1) is 12.0. The van der Waals surface area contributed by atoms with Crippen LogP contribution in [0.2, 0.25) is 0 Å². The van der Waals surface area contributed by atoms with Gasteiger partial charge in [0.15, 0.2) is 0 Å². The number of rotatable bonds is 2. The topological polar surface area (TPSA) is 59.1 Å². The lowest BCUT2D eigenvalue weighted by atomic mass is 10.2. The Morgan fingerprint density at radius 1 is 0.960 bits per heavy atom. The fourth-order valence-electron chi connectivity index (χ4n) is 3.11. The van der Waals surface area contributed by atoms with Crippen molar-refractivity contribution in [1.29, 1.82) is 0 Å². The molecule has 2 heterocycles. The van der Waals surface area contributed by atoms with Crippen LogP contribution in [0.4, 0.5) is 10.1 Å². The number of anilines is 1. The number of likely N-dealkylation sites (N-methyl/N-ethyl adjacent to an activating group) is 1. The summed E-state index contributed by atoms with van der Waals surface area (Å²) in [4.78, 5) is 30.1. The lowest BCUT2D eigenvalue weighted by molar-refractivity contribution is -0.149. The molecule has 2 amide bonds. The van der Waals surface area contributed by atoms with Gasteiger partial charge in [0.05, 0.1) is 5.69 Å². The molecule has 0 aliphatic carbocycles. The number of amides is 2. The van der Waals surface area contributed by atoms with Crippen molar-refractivity contribution in [3.05, 3.63) is 30.1 Å². The van der Waals surface area contributed by atoms with Gasteiger partial charge in [0.1, 0.15) is 5.82 Å². The zero-order chi connectivity index (χ0) is 17.8. The summed E-state index contributed by atoms with van der Waals surface area (Å²) in [7, 11) is 2.03. The fraction of sp³-hybridized carbons (Fsp3) is 0.529. The number of hydrogen-bond donors (Lipinski definition) is 1. The summed E-state index contributed by atoms with van der Waals surface area (Å²) >= 11 is 0. The highest BCUT2D eigenvalue weighted by atomic mass is 19.1. The van der Waals surface area contributed by atoms with Crippen molar-refractivity contribution >= 4 is 17.5 Å². The molecule has 1 aromatic rings. The first-order valence-electron chi connectivity index (χ1n) is 8.57. The Bertz CT molecular complexity index is 625. The van der Waals surface area contributed by atoms with Gasteiger partial charge >= 0.3 is 11.8 Å². The molecule has 0 unspecified atom stereocenters. The molecule has 2 aliphatic rings. The Morgan fingerprint density at radius 3 is 2.24 bits per heavy atom. The lowest BCUT2D eigenvalue weighted by Crippen LogP contribution is -2.58. The fourth-order valence-corrected chi connectivity index (χ4v) is 3.11. The van der Waals surface area contributed by atoms with E-state index in [1.165, 1.54) is 11.0 Å². The second kappa shape index (κ2) is 7.79. The third-order valence-corrected chi connectivity index (χ3v) is 4.72. The van der Waals surface area contributed by atoms with E-state index < -0.39 is 11.8 Å². The highest BCUT2D eigenvalue weighted by Crippen LogP contribution is 2.20. The highest BCUT2D eigenvalue weighted by Gasteiger charge is 2.28. The van der Waals surface area contributed by atoms with Gasteiger partial charge in [-0.05, 0) is 19.2 Å². The molecule has 1 aromatic carbocycles. The van der Waals surface area contributed by atoms with E-state index in [0.717, 1.165) is 13.1 Å². The van der Waals surface area contributed by atoms with Crippen LogP contribution in [0, 0.1) is 5.82 Å². The van der Waals surface area contributed by atoms with Gasteiger partial charge in [0, 0.05) is 52.4 Å². The zero-order valence-electron chi connectivity index (χ0n) is 14.4. The summed E-state index contributed by atoms with van der Waals surface area (Å²) in [5, 5.41) is 1.79. The van der Waals surface area contributed by atoms with E-state index in [-0.39, 0.29) is 5.82 Å². The maximum Gasteiger partial charge on any atom is 0.323 e. The molecule has 0 atom stereocenters. The third-order valence-electron chi connectivity index (χ3n) is 4.72. The second-order valence-electron chi connectivity index (χ2n) is 6.46. The summed E-state index contributed by atoms with van der Waals surface area (Å²) in [5.74, 6) is -1.38. The molecule has 136 valence electrons. The number of hydrogen-bond acceptors (Lipinski definition) is 5. The molecule has 8 heteroatoms. The summed E-state index contributed by atoms with van der Waals surface area (Å²) < 4.78 is 13.9. The van der Waals surface area contributed by atoms with Gasteiger partial charge in [-0.2, -0.15) is 0 Å². The highest BCUT2D eigenvalue weighted by molar-refractivity contribution is 6.34. The minimum absolute atomic E-state index is 0.268. The van der Waals surface area contributed by atoms with Crippen LogP contribution in [-0.2, 0) is 9.59 Å². The molecule has 0 aromatic heterocycles. The van der Waals surface area contributed by atoms with E-state index in [1.54, 1.807) is 23.2 Å². The van der Waals surface area contributed by atoms with E-state index in [2.05, 4.69) is 10.3 Å². The molecule has 0 radical (unpaired) electrons. The van der Waals surface area contributed by atoms with Crippen LogP contribution >= 0.6 is 0 Å². The molecule has 1 N–H and O–H groups in total. The van der Waals surface area contributed by atoms with Crippen LogP contribution in [0.1, 0.15) is 0 Å². The van der Waals surface area contributed by atoms with Gasteiger partial charge in [-0.1, -0.05) is 12.1 Å². The summed E-state index contributed by atoms with van der Waals surface area (Å²) in [5.41, 5.74) is 3.23. The van der Waals surface area contributed by atoms with Crippen LogP contribution in [0.15, 0.2) is 24.3 Å². The third kappa shape index (κ3) is 4.26. The monoisotopic (exact) mass is 349 g/mol. The maximum atomic E-state index is 13.9. The maximum absolute atomic E-state index is 13.9. The Kier molecular flexibility index (Phi) is 5.50. The summed E-state index contributed by atoms with van der Waals surface area (Å²) in [6.07, 6.45) is 0. The Balaban J connectivity index is 1.49. The van der Waals surface area contributed by atoms with Crippen molar-refractivity contribution in [2.45, 2.75) is 0 Å². The number of benzene rings is 1. The van der Waals surface area contributed by atoms with Crippen LogP contribution in [0.25, 0.3) is 0 Å². The zero-order valence-corrected chi connectivity index (χ0v) is 14.4. The number of carbonyl (C=O) groups excluding carboxylic acids is 2. The molecule has 7 nitrogen and oxygen atoms in total. The number of hydrazine groups is 1. The normalized spacial score (nSPS) is 19.8. The molecule has 0 bridgehead atoms. The number of nitrogens with zero attached hydrogens (tertiary/aromatic N) is 4. The molecular weight excluding hydrogens is 325 g/mol. The number of carbonyl (C=O) groups is 2. The van der Waals surface area contributed by atoms with E-state index in [4.69, 9.17) is 0 Å². The number of piperazine rings is 2. The average molecular weight is 349 g/mol. The first kappa shape index (κ1) is 17.6. The molecule has 2 aliphatic heterocycles. The van der Waals surface area contributed by atoms with Gasteiger partial charge in [0.25, 0.3) is 0 Å². The molecular formula is C17H24FN5O2. The van der Waals surface area contributed by atoms with E-state index in [1.807, 2.05) is 11.9 Å². The van der Waals surface area contributed by atoms with E-state index in [0.29, 0.717) is 45.0 Å². The van der Waals surface area contributed by atoms with Gasteiger partial charge in [0.2, 0.25) is 0 Å². The molecule has 2 saturated heterocycles. The number of para-hydroxylation sites is 1. The second-order valence-corrected chi connectivity index (χ2v) is 6.46. The number of halogens is 1. The van der Waals surface area contributed by atoms with Gasteiger partial charge < -0.3 is 14.7 Å². The van der Waals surface area contributed by atoms with Gasteiger partial charge in [-0.3, -0.25) is 15.0 Å². The summed E-state index contributed by atoms with van der Waals surface area (Å²) in [6, 6.07) is 6.60. The Morgan fingerprint density at radius 2 is 1.60 bits per heavy atom. The lowest BCUT2D eigenvalue weighted by Gasteiger charge is -2.36. The molecule has 0 saturated carbocycles. The van der Waals surface area contributed by atoms with Crippen LogP contribution in [-0.4, -0.2) is 86.0 Å². The quantitative estimate of drug-likeness (QED) is 0.747. The van der Waals surface area contributed by atoms with Crippen LogP contribution in [0.3, 0.4) is 0 Å². The van der Waals surface area contributed by atoms with Crippen molar-refractivity contribution in [1.82, 2.24) is 20.2 Å². The standard InChI is InChI=1S/C17H24FN5O2/c1-20-6-12-23(13-7-20)19-16(24)17(25)22-10-8-21(9-11-22)15-5-3-2-4-14(15)18/h2-5H,6-13H2,1H3,(H,19,24). The van der Waals surface area contributed by atoms with E-state index in [9.17, 15) is 14.0 Å². The van der Waals surface area contributed by atoms with Crippen LogP contribution in [0.5, 0.6) is 0 Å². The van der Waals surface area contributed by atoms with Crippen molar-refractivity contribution in [3.8, 4) is 0 Å². The van der Waals surface area contributed by atoms with Crippen LogP contribution < -0.4 is 10.3 Å². The van der Waals surface area contributed by atoms with Gasteiger partial charge in [-0.25, -0.2) is 9.40 Å². The van der Waals surface area contributed by atoms with Crippen molar-refractivity contribution in [2.24, 2.45) is 0 Å². The van der Waals surface area contributed by atoms with Crippen molar-refractivity contribution in [2.75, 3.05) is 64.3 Å². The van der Waals surface area contributed by atoms with Gasteiger partial charge in [-0.15, -0.1) is 0 Å². The van der Waals surface area contributed by atoms with E-state index >= 15 is 0 Å². The van der Waals surface area contributed by atoms with Crippen molar-refractivity contribution < 1.29 is 14.0 Å². The minimum Gasteiger partial charge on any atom is -0.366 e. The SMILES string of the molecule is CN1CCN(NC(=O)C(=O)N2CCN(c3ccccc3F)CC2)CC1. The predicted octanol–water partition coefficient (Wildman–Crippen LogP) is -0.247. The molecule has 2 fully saturated rings. The summed E-state index contributed by atoms with van der Waals surface area (Å²) in [6.45, 7) is 4.95. The molecule has 3 rings (SSSR count). The predicted molar refractivity (Wildman–Crippen MR) is 92.4 cm³/mol. The number of nitrogens with one attached hydrogen (secondary N) is 1. The van der Waals surface area contributed by atoms with Crippen molar-refractivity contribution in [3.63, 3.8) is 0 Å². The molecule has 0 spiro atoms. The average Bonchev–Trinajstić information content (AvgIpc) is 2.63. The Labute approximate surface area is 146 Å². The minimum atomic E-state index is -0.594. The smallest absolute Gasteiger partial charge is 0.323 e. The first-order valence-corrected chi connectivity index (χ1v) is 8.57.